The quantitative estimate of drug-likeness (QED) is 0.567. The van der Waals surface area contributed by atoms with Crippen molar-refractivity contribution in [2.75, 3.05) is 19.1 Å². The van der Waals surface area contributed by atoms with Crippen LogP contribution in [0.4, 0.5) is 5.69 Å². The highest BCUT2D eigenvalue weighted by Crippen LogP contribution is 2.51. The number of anilines is 1. The van der Waals surface area contributed by atoms with Crippen molar-refractivity contribution in [3.05, 3.63) is 52.0 Å². The predicted molar refractivity (Wildman–Crippen MR) is 124 cm³/mol. The Morgan fingerprint density at radius 3 is 2.36 bits per heavy atom. The minimum absolute atomic E-state index is 0.424. The van der Waals surface area contributed by atoms with E-state index in [-0.39, 0.29) is 0 Å². The van der Waals surface area contributed by atoms with Crippen LogP contribution in [-0.4, -0.2) is 42.6 Å². The summed E-state index contributed by atoms with van der Waals surface area (Å²) in [5, 5.41) is 13.1. The lowest BCUT2D eigenvalue weighted by Gasteiger charge is -2.27. The van der Waals surface area contributed by atoms with Gasteiger partial charge in [0.1, 0.15) is 5.54 Å². The molecule has 174 valence electrons. The van der Waals surface area contributed by atoms with Crippen molar-refractivity contribution in [2.45, 2.75) is 31.8 Å². The van der Waals surface area contributed by atoms with Crippen LogP contribution in [0.5, 0.6) is 11.5 Å². The Morgan fingerprint density at radius 2 is 1.82 bits per heavy atom. The molecule has 2 amide bonds. The van der Waals surface area contributed by atoms with Crippen LogP contribution in [0.3, 0.4) is 0 Å². The van der Waals surface area contributed by atoms with Gasteiger partial charge < -0.3 is 14.6 Å². The fraction of sp³-hybridized carbons (Fsp3) is 0.375. The standard InChI is InChI=1S/C24H25BrN2O6/c1-5-12-6-8-14(9-7-12)27-21(28)17-18(22(27)29)24(2,23(30)31)26-19(17)13-10-15(25)20(33-4)16(11-13)32-3/h6-11,17-19,26H,5H2,1-4H3,(H,30,31). The van der Waals surface area contributed by atoms with E-state index in [9.17, 15) is 19.5 Å². The summed E-state index contributed by atoms with van der Waals surface area (Å²) >= 11 is 3.45. The summed E-state index contributed by atoms with van der Waals surface area (Å²) < 4.78 is 11.4. The Hall–Kier alpha value is -2.91. The van der Waals surface area contributed by atoms with Crippen LogP contribution in [0.1, 0.15) is 31.0 Å². The lowest BCUT2D eigenvalue weighted by Crippen LogP contribution is -2.53. The molecule has 0 bridgehead atoms. The number of carbonyl (C=O) groups excluding carboxylic acids is 2. The van der Waals surface area contributed by atoms with Crippen molar-refractivity contribution in [1.82, 2.24) is 5.32 Å². The number of rotatable bonds is 6. The number of carboxylic acids is 1. The number of fused-ring (bicyclic) bond motifs is 1. The van der Waals surface area contributed by atoms with E-state index in [1.54, 1.807) is 24.3 Å². The van der Waals surface area contributed by atoms with E-state index in [2.05, 4.69) is 21.2 Å². The van der Waals surface area contributed by atoms with Gasteiger partial charge in [-0.25, -0.2) is 4.90 Å². The molecule has 4 atom stereocenters. The molecule has 9 heteroatoms. The van der Waals surface area contributed by atoms with Crippen molar-refractivity contribution in [3.8, 4) is 11.5 Å². The smallest absolute Gasteiger partial charge is 0.324 e. The molecular formula is C24H25BrN2O6. The van der Waals surface area contributed by atoms with Crippen molar-refractivity contribution >= 4 is 39.4 Å². The first-order chi connectivity index (χ1) is 15.7. The molecule has 0 radical (unpaired) electrons. The van der Waals surface area contributed by atoms with Crippen LogP contribution in [-0.2, 0) is 20.8 Å². The molecule has 2 aliphatic heterocycles. The van der Waals surface area contributed by atoms with Crippen molar-refractivity contribution in [3.63, 3.8) is 0 Å². The van der Waals surface area contributed by atoms with Gasteiger partial charge in [-0.2, -0.15) is 0 Å². The van der Waals surface area contributed by atoms with Crippen LogP contribution >= 0.6 is 15.9 Å². The first-order valence-corrected chi connectivity index (χ1v) is 11.4. The van der Waals surface area contributed by atoms with Gasteiger partial charge in [0, 0.05) is 6.04 Å². The van der Waals surface area contributed by atoms with Gasteiger partial charge in [0.2, 0.25) is 11.8 Å². The molecule has 2 aliphatic rings. The van der Waals surface area contributed by atoms with Gasteiger partial charge in [-0.1, -0.05) is 19.1 Å². The van der Waals surface area contributed by atoms with Gasteiger partial charge in [-0.15, -0.1) is 0 Å². The number of ether oxygens (including phenoxy) is 2. The highest BCUT2D eigenvalue weighted by atomic mass is 79.9. The zero-order chi connectivity index (χ0) is 24.1. The van der Waals surface area contributed by atoms with Crippen LogP contribution in [0.25, 0.3) is 0 Å². The summed E-state index contributed by atoms with van der Waals surface area (Å²) in [7, 11) is 3.00. The summed E-state index contributed by atoms with van der Waals surface area (Å²) in [6.45, 7) is 3.47. The maximum absolute atomic E-state index is 13.6. The Morgan fingerprint density at radius 1 is 1.15 bits per heavy atom. The molecule has 0 aromatic heterocycles. The third-order valence-corrected chi connectivity index (χ3v) is 7.24. The zero-order valence-electron chi connectivity index (χ0n) is 18.7. The molecule has 4 unspecified atom stereocenters. The third kappa shape index (κ3) is 3.50. The molecule has 4 rings (SSSR count). The van der Waals surface area contributed by atoms with Crippen molar-refractivity contribution in [1.29, 1.82) is 0 Å². The molecule has 33 heavy (non-hydrogen) atoms. The van der Waals surface area contributed by atoms with E-state index < -0.39 is 41.2 Å². The molecule has 2 saturated heterocycles. The number of carbonyl (C=O) groups is 3. The van der Waals surface area contributed by atoms with E-state index >= 15 is 0 Å². The lowest BCUT2D eigenvalue weighted by molar-refractivity contribution is -0.147. The van der Waals surface area contributed by atoms with Crippen LogP contribution in [0, 0.1) is 11.8 Å². The Bertz CT molecular complexity index is 1130. The molecule has 0 saturated carbocycles. The molecule has 0 aliphatic carbocycles. The second kappa shape index (κ2) is 8.46. The number of aliphatic carboxylic acids is 1. The fourth-order valence-electron chi connectivity index (χ4n) is 4.87. The average molecular weight is 517 g/mol. The van der Waals surface area contributed by atoms with Gasteiger partial charge >= 0.3 is 5.97 Å². The summed E-state index contributed by atoms with van der Waals surface area (Å²) in [5.74, 6) is -3.20. The largest absolute Gasteiger partial charge is 0.493 e. The number of methoxy groups -OCH3 is 2. The number of nitrogens with zero attached hydrogens (tertiary/aromatic N) is 1. The molecule has 2 heterocycles. The Labute approximate surface area is 200 Å². The van der Waals surface area contributed by atoms with Crippen LogP contribution in [0.2, 0.25) is 0 Å². The first-order valence-electron chi connectivity index (χ1n) is 10.6. The van der Waals surface area contributed by atoms with E-state index in [4.69, 9.17) is 9.47 Å². The molecular weight excluding hydrogens is 492 g/mol. The van der Waals surface area contributed by atoms with Crippen molar-refractivity contribution < 1.29 is 29.0 Å². The highest BCUT2D eigenvalue weighted by Gasteiger charge is 2.67. The monoisotopic (exact) mass is 516 g/mol. The fourth-order valence-corrected chi connectivity index (χ4v) is 5.50. The van der Waals surface area contributed by atoms with Gasteiger partial charge in [0.15, 0.2) is 11.5 Å². The highest BCUT2D eigenvalue weighted by molar-refractivity contribution is 9.10. The number of benzene rings is 2. The number of amides is 2. The molecule has 0 spiro atoms. The number of nitrogens with one attached hydrogen (secondary N) is 1. The van der Waals surface area contributed by atoms with E-state index in [1.165, 1.54) is 21.1 Å². The number of halogens is 1. The summed E-state index contributed by atoms with van der Waals surface area (Å²) in [6, 6.07) is 9.90. The van der Waals surface area contributed by atoms with Crippen molar-refractivity contribution in [2.24, 2.45) is 11.8 Å². The van der Waals surface area contributed by atoms with Gasteiger partial charge in [-0.05, 0) is 64.7 Å². The third-order valence-electron chi connectivity index (χ3n) is 6.65. The average Bonchev–Trinajstić information content (AvgIpc) is 3.26. The number of imide groups is 1. The second-order valence-corrected chi connectivity index (χ2v) is 9.26. The molecule has 8 nitrogen and oxygen atoms in total. The molecule has 2 aromatic rings. The maximum atomic E-state index is 13.6. The maximum Gasteiger partial charge on any atom is 0.324 e. The Balaban J connectivity index is 1.82. The normalized spacial score (nSPS) is 26.5. The van der Waals surface area contributed by atoms with Gasteiger partial charge in [0.05, 0.1) is 36.2 Å². The zero-order valence-corrected chi connectivity index (χ0v) is 20.3. The first kappa shape index (κ1) is 23.3. The lowest BCUT2D eigenvalue weighted by atomic mass is 9.80. The predicted octanol–water partition coefficient (Wildman–Crippen LogP) is 3.32. The molecule has 2 fully saturated rings. The molecule has 2 aromatic carbocycles. The van der Waals surface area contributed by atoms with E-state index in [1.807, 2.05) is 19.1 Å². The van der Waals surface area contributed by atoms with E-state index in [0.29, 0.717) is 27.2 Å². The minimum atomic E-state index is -1.63. The number of aryl methyl sites for hydroxylation is 1. The number of hydrogen-bond acceptors (Lipinski definition) is 6. The molecule has 2 N–H and O–H groups in total. The van der Waals surface area contributed by atoms with E-state index in [0.717, 1.165) is 16.9 Å². The summed E-state index contributed by atoms with van der Waals surface area (Å²) in [4.78, 5) is 40.5. The topological polar surface area (TPSA) is 105 Å². The summed E-state index contributed by atoms with van der Waals surface area (Å²) in [5.41, 5.74) is 0.503. The second-order valence-electron chi connectivity index (χ2n) is 8.40. The minimum Gasteiger partial charge on any atom is -0.493 e. The number of carboxylic acid groups (broad SMARTS) is 1. The Kier molecular flexibility index (Phi) is 5.96. The van der Waals surface area contributed by atoms with Gasteiger partial charge in [0.25, 0.3) is 0 Å². The number of hydrogen-bond donors (Lipinski definition) is 2. The van der Waals surface area contributed by atoms with Crippen LogP contribution in [0.15, 0.2) is 40.9 Å². The SMILES string of the molecule is CCc1ccc(N2C(=O)C3C(c4cc(Br)c(OC)c(OC)c4)NC(C)(C(=O)O)C3C2=O)cc1. The summed E-state index contributed by atoms with van der Waals surface area (Å²) in [6.07, 6.45) is 0.824. The van der Waals surface area contributed by atoms with Crippen LogP contribution < -0.4 is 19.7 Å². The van der Waals surface area contributed by atoms with Gasteiger partial charge in [-0.3, -0.25) is 19.7 Å².